The summed E-state index contributed by atoms with van der Waals surface area (Å²) >= 11 is 1.40. The van der Waals surface area contributed by atoms with Crippen LogP contribution in [0.5, 0.6) is 0 Å². The summed E-state index contributed by atoms with van der Waals surface area (Å²) in [6, 6.07) is 0.502. The minimum absolute atomic E-state index is 0.502. The van der Waals surface area contributed by atoms with E-state index in [1.54, 1.807) is 0 Å². The second kappa shape index (κ2) is 6.15. The summed E-state index contributed by atoms with van der Waals surface area (Å²) in [6.45, 7) is 6.34. The summed E-state index contributed by atoms with van der Waals surface area (Å²) in [5.41, 5.74) is 1.03. The fourth-order valence-corrected chi connectivity index (χ4v) is 1.85. The van der Waals surface area contributed by atoms with E-state index in [-0.39, 0.29) is 0 Å². The third-order valence-corrected chi connectivity index (χ3v) is 2.87. The maximum absolute atomic E-state index is 4.02. The Morgan fingerprint density at radius 1 is 1.47 bits per heavy atom. The molecule has 0 saturated carbocycles. The van der Waals surface area contributed by atoms with Gasteiger partial charge in [-0.25, -0.2) is 0 Å². The maximum atomic E-state index is 4.02. The molecule has 0 saturated heterocycles. The van der Waals surface area contributed by atoms with Gasteiger partial charge in [0.15, 0.2) is 0 Å². The Balaban J connectivity index is 2.38. The monoisotopic (exact) mass is 228 g/mol. The first-order valence-electron chi connectivity index (χ1n) is 5.23. The first kappa shape index (κ1) is 12.5. The number of nitrogens with one attached hydrogen (secondary N) is 1. The lowest BCUT2D eigenvalue weighted by Gasteiger charge is -2.25. The van der Waals surface area contributed by atoms with Crippen molar-refractivity contribution < 1.29 is 0 Å². The lowest BCUT2D eigenvalue weighted by molar-refractivity contribution is 0.287. The Kier molecular flexibility index (Phi) is 5.14. The molecule has 1 N–H and O–H groups in total. The highest BCUT2D eigenvalue weighted by molar-refractivity contribution is 7.03. The summed E-state index contributed by atoms with van der Waals surface area (Å²) in [5, 5.41) is 9.52. The number of hydrogen-bond donors (Lipinski definition) is 1. The lowest BCUT2D eigenvalue weighted by atomic mass is 10.0. The highest BCUT2D eigenvalue weighted by Gasteiger charge is 2.13. The van der Waals surface area contributed by atoms with Crippen molar-refractivity contribution in [1.82, 2.24) is 19.8 Å². The van der Waals surface area contributed by atoms with Gasteiger partial charge in [-0.05, 0) is 31.5 Å². The largest absolute Gasteiger partial charge is 0.308 e. The van der Waals surface area contributed by atoms with Crippen molar-refractivity contribution in [3.63, 3.8) is 0 Å². The molecule has 1 unspecified atom stereocenters. The average molecular weight is 228 g/mol. The molecule has 0 aliphatic rings. The van der Waals surface area contributed by atoms with E-state index in [4.69, 9.17) is 0 Å². The average Bonchev–Trinajstić information content (AvgIpc) is 2.63. The molecule has 86 valence electrons. The topological polar surface area (TPSA) is 41.0 Å². The summed E-state index contributed by atoms with van der Waals surface area (Å²) in [7, 11) is 4.20. The van der Waals surface area contributed by atoms with Gasteiger partial charge in [-0.3, -0.25) is 0 Å². The molecule has 1 rings (SSSR count). The third kappa shape index (κ3) is 4.68. The fourth-order valence-electron chi connectivity index (χ4n) is 1.40. The van der Waals surface area contributed by atoms with Gasteiger partial charge in [0.25, 0.3) is 0 Å². The molecule has 0 amide bonds. The van der Waals surface area contributed by atoms with Crippen LogP contribution in [0.3, 0.4) is 0 Å². The molecule has 0 aliphatic heterocycles. The van der Waals surface area contributed by atoms with Crippen molar-refractivity contribution in [3.8, 4) is 0 Å². The van der Waals surface area contributed by atoms with Crippen LogP contribution in [0, 0.1) is 5.92 Å². The Morgan fingerprint density at radius 3 is 2.67 bits per heavy atom. The van der Waals surface area contributed by atoms with E-state index in [2.05, 4.69) is 47.7 Å². The SMILES string of the molecule is CC(C)C(CN(C)C)NCc1csnn1. The van der Waals surface area contributed by atoms with Gasteiger partial charge in [-0.2, -0.15) is 0 Å². The van der Waals surface area contributed by atoms with Gasteiger partial charge in [0, 0.05) is 24.5 Å². The lowest BCUT2D eigenvalue weighted by Crippen LogP contribution is -2.41. The second-order valence-electron chi connectivity index (χ2n) is 4.39. The molecular formula is C10H20N4S. The molecule has 1 aromatic heterocycles. The standard InChI is InChI=1S/C10H20N4S/c1-8(2)10(6-14(3)4)11-5-9-7-15-13-12-9/h7-8,10-11H,5-6H2,1-4H3. The van der Waals surface area contributed by atoms with Crippen molar-refractivity contribution in [2.24, 2.45) is 5.92 Å². The molecule has 0 spiro atoms. The van der Waals surface area contributed by atoms with Crippen molar-refractivity contribution >= 4 is 11.5 Å². The van der Waals surface area contributed by atoms with Crippen molar-refractivity contribution in [1.29, 1.82) is 0 Å². The fraction of sp³-hybridized carbons (Fsp3) is 0.800. The summed E-state index contributed by atoms with van der Waals surface area (Å²) in [5.74, 6) is 0.624. The third-order valence-electron chi connectivity index (χ3n) is 2.32. The predicted molar refractivity (Wildman–Crippen MR) is 63.9 cm³/mol. The first-order chi connectivity index (χ1) is 7.09. The van der Waals surface area contributed by atoms with E-state index in [1.807, 2.05) is 5.38 Å². The van der Waals surface area contributed by atoms with Crippen LogP contribution in [0.1, 0.15) is 19.5 Å². The van der Waals surface area contributed by atoms with Gasteiger partial charge < -0.3 is 10.2 Å². The Hall–Kier alpha value is -0.520. The van der Waals surface area contributed by atoms with Crippen LogP contribution in [-0.2, 0) is 6.54 Å². The zero-order valence-corrected chi connectivity index (χ0v) is 10.7. The molecule has 1 atom stereocenters. The van der Waals surface area contributed by atoms with Crippen LogP contribution >= 0.6 is 11.5 Å². The van der Waals surface area contributed by atoms with Crippen molar-refractivity contribution in [2.75, 3.05) is 20.6 Å². The number of likely N-dealkylation sites (N-methyl/N-ethyl adjacent to an activating group) is 1. The molecule has 0 fully saturated rings. The van der Waals surface area contributed by atoms with Gasteiger partial charge in [0.05, 0.1) is 5.69 Å². The van der Waals surface area contributed by atoms with E-state index < -0.39 is 0 Å². The Morgan fingerprint density at radius 2 is 2.20 bits per heavy atom. The van der Waals surface area contributed by atoms with Gasteiger partial charge in [0.2, 0.25) is 0 Å². The van der Waals surface area contributed by atoms with E-state index in [0.717, 1.165) is 18.8 Å². The minimum atomic E-state index is 0.502. The highest BCUT2D eigenvalue weighted by atomic mass is 32.1. The van der Waals surface area contributed by atoms with Crippen molar-refractivity contribution in [3.05, 3.63) is 11.1 Å². The van der Waals surface area contributed by atoms with E-state index >= 15 is 0 Å². The van der Waals surface area contributed by atoms with Crippen molar-refractivity contribution in [2.45, 2.75) is 26.4 Å². The molecule has 1 aromatic rings. The normalized spacial score (nSPS) is 13.7. The van der Waals surface area contributed by atoms with Gasteiger partial charge in [-0.15, -0.1) is 5.10 Å². The number of nitrogens with zero attached hydrogens (tertiary/aromatic N) is 3. The van der Waals surface area contributed by atoms with E-state index in [0.29, 0.717) is 12.0 Å². The summed E-state index contributed by atoms with van der Waals surface area (Å²) in [4.78, 5) is 2.21. The molecule has 0 bridgehead atoms. The van der Waals surface area contributed by atoms with Crippen LogP contribution in [-0.4, -0.2) is 41.2 Å². The highest BCUT2D eigenvalue weighted by Crippen LogP contribution is 2.04. The molecule has 0 aromatic carbocycles. The van der Waals surface area contributed by atoms with Crippen LogP contribution < -0.4 is 5.32 Å². The number of aromatic nitrogens is 2. The van der Waals surface area contributed by atoms with Gasteiger partial charge in [-0.1, -0.05) is 18.3 Å². The molecule has 0 aliphatic carbocycles. The number of rotatable bonds is 6. The van der Waals surface area contributed by atoms with Gasteiger partial charge in [0.1, 0.15) is 0 Å². The molecule has 4 nitrogen and oxygen atoms in total. The minimum Gasteiger partial charge on any atom is -0.308 e. The zero-order chi connectivity index (χ0) is 11.3. The van der Waals surface area contributed by atoms with Crippen LogP contribution in [0.25, 0.3) is 0 Å². The molecule has 15 heavy (non-hydrogen) atoms. The number of hydrogen-bond acceptors (Lipinski definition) is 5. The van der Waals surface area contributed by atoms with E-state index in [9.17, 15) is 0 Å². The smallest absolute Gasteiger partial charge is 0.0893 e. The predicted octanol–water partition coefficient (Wildman–Crippen LogP) is 1.21. The Bertz CT molecular complexity index is 258. The molecular weight excluding hydrogens is 208 g/mol. The van der Waals surface area contributed by atoms with Crippen LogP contribution in [0.15, 0.2) is 5.38 Å². The summed E-state index contributed by atoms with van der Waals surface area (Å²) < 4.78 is 3.85. The second-order valence-corrected chi connectivity index (χ2v) is 5.00. The molecule has 5 heteroatoms. The zero-order valence-electron chi connectivity index (χ0n) is 9.90. The van der Waals surface area contributed by atoms with Crippen LogP contribution in [0.2, 0.25) is 0 Å². The van der Waals surface area contributed by atoms with Gasteiger partial charge >= 0.3 is 0 Å². The molecule has 1 heterocycles. The quantitative estimate of drug-likeness (QED) is 0.795. The maximum Gasteiger partial charge on any atom is 0.0893 e. The Labute approximate surface area is 95.8 Å². The summed E-state index contributed by atoms with van der Waals surface area (Å²) in [6.07, 6.45) is 0. The first-order valence-corrected chi connectivity index (χ1v) is 6.07. The van der Waals surface area contributed by atoms with Crippen LogP contribution in [0.4, 0.5) is 0 Å². The molecule has 0 radical (unpaired) electrons. The van der Waals surface area contributed by atoms with E-state index in [1.165, 1.54) is 11.5 Å².